The molecule has 76 valence electrons. The number of benzene rings is 1. The van der Waals surface area contributed by atoms with E-state index in [4.69, 9.17) is 4.42 Å². The fourth-order valence-corrected chi connectivity index (χ4v) is 1.53. The molecule has 1 heterocycles. The molecule has 0 radical (unpaired) electrons. The zero-order valence-electron chi connectivity index (χ0n) is 8.43. The van der Waals surface area contributed by atoms with Gasteiger partial charge in [0.2, 0.25) is 0 Å². The van der Waals surface area contributed by atoms with E-state index in [1.807, 2.05) is 37.3 Å². The van der Waals surface area contributed by atoms with Gasteiger partial charge in [-0.25, -0.2) is 9.36 Å². The smallest absolute Gasteiger partial charge is 0.408 e. The number of nitrogens with zero attached hydrogens (tertiary/aromatic N) is 1. The van der Waals surface area contributed by atoms with Crippen LogP contribution in [0, 0.1) is 6.92 Å². The SMILES string of the molecule is C=Cc1oc(=O)n(-c2ccccc2)c1C. The Balaban J connectivity index is 2.69. The Bertz CT molecular complexity index is 534. The van der Waals surface area contributed by atoms with E-state index in [0.29, 0.717) is 5.76 Å². The number of hydrogen-bond acceptors (Lipinski definition) is 2. The number of rotatable bonds is 2. The lowest BCUT2D eigenvalue weighted by Gasteiger charge is -2.01. The molecule has 0 N–H and O–H groups in total. The Morgan fingerprint density at radius 3 is 2.53 bits per heavy atom. The zero-order valence-corrected chi connectivity index (χ0v) is 8.43. The molecule has 0 amide bonds. The Kier molecular flexibility index (Phi) is 2.29. The normalized spacial score (nSPS) is 10.2. The summed E-state index contributed by atoms with van der Waals surface area (Å²) in [5.74, 6) is 0.137. The van der Waals surface area contributed by atoms with Crippen LogP contribution in [0.2, 0.25) is 0 Å². The van der Waals surface area contributed by atoms with Crippen LogP contribution in [0.1, 0.15) is 11.5 Å². The average molecular weight is 201 g/mol. The Morgan fingerprint density at radius 2 is 2.00 bits per heavy atom. The summed E-state index contributed by atoms with van der Waals surface area (Å²) in [7, 11) is 0. The molecule has 2 rings (SSSR count). The first-order valence-electron chi connectivity index (χ1n) is 4.64. The van der Waals surface area contributed by atoms with Gasteiger partial charge < -0.3 is 4.42 Å². The molecule has 3 nitrogen and oxygen atoms in total. The highest BCUT2D eigenvalue weighted by Gasteiger charge is 2.10. The van der Waals surface area contributed by atoms with Crippen LogP contribution >= 0.6 is 0 Å². The molecule has 2 aromatic rings. The lowest BCUT2D eigenvalue weighted by Crippen LogP contribution is -2.12. The van der Waals surface area contributed by atoms with E-state index in [2.05, 4.69) is 6.58 Å². The van der Waals surface area contributed by atoms with E-state index in [9.17, 15) is 4.79 Å². The van der Waals surface area contributed by atoms with Crippen molar-refractivity contribution in [2.75, 3.05) is 0 Å². The summed E-state index contributed by atoms with van der Waals surface area (Å²) in [6.07, 6.45) is 1.54. The second-order valence-electron chi connectivity index (χ2n) is 3.19. The van der Waals surface area contributed by atoms with Crippen LogP contribution in [-0.2, 0) is 0 Å². The van der Waals surface area contributed by atoms with Crippen LogP contribution in [0.5, 0.6) is 0 Å². The Labute approximate surface area is 87.3 Å². The average Bonchev–Trinajstić information content (AvgIpc) is 2.55. The van der Waals surface area contributed by atoms with E-state index < -0.39 is 0 Å². The van der Waals surface area contributed by atoms with E-state index >= 15 is 0 Å². The van der Waals surface area contributed by atoms with Gasteiger partial charge >= 0.3 is 5.76 Å². The third-order valence-electron chi connectivity index (χ3n) is 2.27. The van der Waals surface area contributed by atoms with Crippen molar-refractivity contribution >= 4 is 6.08 Å². The van der Waals surface area contributed by atoms with E-state index in [1.165, 1.54) is 10.6 Å². The minimum Gasteiger partial charge on any atom is -0.408 e. The standard InChI is InChI=1S/C12H11NO2/c1-3-11-9(2)13(12(14)15-11)10-7-5-4-6-8-10/h3-8H,1H2,2H3. The molecule has 0 aliphatic rings. The first-order valence-corrected chi connectivity index (χ1v) is 4.64. The predicted molar refractivity (Wildman–Crippen MR) is 59.1 cm³/mol. The van der Waals surface area contributed by atoms with Gasteiger partial charge in [0.15, 0.2) is 5.76 Å². The lowest BCUT2D eigenvalue weighted by atomic mass is 10.3. The summed E-state index contributed by atoms with van der Waals surface area (Å²) in [5, 5.41) is 0. The van der Waals surface area contributed by atoms with Crippen molar-refractivity contribution < 1.29 is 4.42 Å². The third-order valence-corrected chi connectivity index (χ3v) is 2.27. The van der Waals surface area contributed by atoms with E-state index in [-0.39, 0.29) is 5.76 Å². The summed E-state index contributed by atoms with van der Waals surface area (Å²) in [4.78, 5) is 11.6. The molecular formula is C12H11NO2. The summed E-state index contributed by atoms with van der Waals surface area (Å²) >= 11 is 0. The fourth-order valence-electron chi connectivity index (χ4n) is 1.53. The molecule has 0 spiro atoms. The molecule has 0 atom stereocenters. The number of oxazole rings is 1. The molecule has 0 saturated carbocycles. The van der Waals surface area contributed by atoms with Crippen molar-refractivity contribution in [3.63, 3.8) is 0 Å². The number of hydrogen-bond donors (Lipinski definition) is 0. The largest absolute Gasteiger partial charge is 0.424 e. The highest BCUT2D eigenvalue weighted by Crippen LogP contribution is 2.13. The van der Waals surface area contributed by atoms with E-state index in [1.54, 1.807) is 0 Å². The molecule has 0 fully saturated rings. The van der Waals surface area contributed by atoms with Gasteiger partial charge in [0.25, 0.3) is 0 Å². The van der Waals surface area contributed by atoms with Crippen LogP contribution in [0.3, 0.4) is 0 Å². The van der Waals surface area contributed by atoms with Crippen molar-refractivity contribution in [1.29, 1.82) is 0 Å². The highest BCUT2D eigenvalue weighted by molar-refractivity contribution is 5.45. The van der Waals surface area contributed by atoms with Gasteiger partial charge in [-0.15, -0.1) is 0 Å². The van der Waals surface area contributed by atoms with Crippen molar-refractivity contribution in [3.05, 3.63) is 58.9 Å². The van der Waals surface area contributed by atoms with Gasteiger partial charge in [-0.1, -0.05) is 24.8 Å². The van der Waals surface area contributed by atoms with Crippen LogP contribution in [-0.4, -0.2) is 4.57 Å². The van der Waals surface area contributed by atoms with Gasteiger partial charge in [-0.05, 0) is 25.1 Å². The van der Waals surface area contributed by atoms with Crippen molar-refractivity contribution in [2.24, 2.45) is 0 Å². The molecule has 15 heavy (non-hydrogen) atoms. The maximum absolute atomic E-state index is 11.6. The maximum atomic E-state index is 11.6. The van der Waals surface area contributed by atoms with Gasteiger partial charge in [-0.3, -0.25) is 0 Å². The topological polar surface area (TPSA) is 35.1 Å². The molecule has 3 heteroatoms. The molecule has 0 aliphatic heterocycles. The second-order valence-corrected chi connectivity index (χ2v) is 3.19. The van der Waals surface area contributed by atoms with E-state index in [0.717, 1.165) is 11.4 Å². The Hall–Kier alpha value is -2.03. The monoisotopic (exact) mass is 201 g/mol. The maximum Gasteiger partial charge on any atom is 0.424 e. The molecule has 1 aromatic heterocycles. The van der Waals surface area contributed by atoms with Gasteiger partial charge in [0.1, 0.15) is 0 Å². The molecule has 0 aliphatic carbocycles. The minimum atomic E-state index is -0.381. The summed E-state index contributed by atoms with van der Waals surface area (Å²) in [6, 6.07) is 9.37. The van der Waals surface area contributed by atoms with Gasteiger partial charge in [0, 0.05) is 0 Å². The molecular weight excluding hydrogens is 190 g/mol. The second kappa shape index (κ2) is 3.61. The van der Waals surface area contributed by atoms with Crippen molar-refractivity contribution in [3.8, 4) is 5.69 Å². The predicted octanol–water partition coefficient (Wildman–Crippen LogP) is 2.38. The third kappa shape index (κ3) is 1.52. The molecule has 0 bridgehead atoms. The minimum absolute atomic E-state index is 0.381. The van der Waals surface area contributed by atoms with Crippen LogP contribution < -0.4 is 5.76 Å². The van der Waals surface area contributed by atoms with Crippen LogP contribution in [0.25, 0.3) is 11.8 Å². The fraction of sp³-hybridized carbons (Fsp3) is 0.0833. The van der Waals surface area contributed by atoms with Crippen LogP contribution in [0.15, 0.2) is 46.1 Å². The molecule has 0 unspecified atom stereocenters. The number of para-hydroxylation sites is 1. The number of aromatic nitrogens is 1. The molecule has 0 saturated heterocycles. The molecule has 1 aromatic carbocycles. The first kappa shape index (κ1) is 9.52. The van der Waals surface area contributed by atoms with Crippen LogP contribution in [0.4, 0.5) is 0 Å². The quantitative estimate of drug-likeness (QED) is 0.747. The first-order chi connectivity index (χ1) is 7.24. The Morgan fingerprint density at radius 1 is 1.33 bits per heavy atom. The van der Waals surface area contributed by atoms with Gasteiger partial charge in [0.05, 0.1) is 11.4 Å². The highest BCUT2D eigenvalue weighted by atomic mass is 16.4. The summed E-state index contributed by atoms with van der Waals surface area (Å²) < 4.78 is 6.56. The lowest BCUT2D eigenvalue weighted by molar-refractivity contribution is 0.496. The van der Waals surface area contributed by atoms with Crippen molar-refractivity contribution in [1.82, 2.24) is 4.57 Å². The van der Waals surface area contributed by atoms with Crippen molar-refractivity contribution in [2.45, 2.75) is 6.92 Å². The summed E-state index contributed by atoms with van der Waals surface area (Å²) in [6.45, 7) is 5.42. The summed E-state index contributed by atoms with van der Waals surface area (Å²) in [5.41, 5.74) is 1.57. The zero-order chi connectivity index (χ0) is 10.8. The van der Waals surface area contributed by atoms with Gasteiger partial charge in [-0.2, -0.15) is 0 Å².